The van der Waals surface area contributed by atoms with Gasteiger partial charge in [-0.25, -0.2) is 4.39 Å². The minimum atomic E-state index is -0.252. The van der Waals surface area contributed by atoms with Crippen molar-refractivity contribution in [3.8, 4) is 11.1 Å². The van der Waals surface area contributed by atoms with Gasteiger partial charge in [-0.05, 0) is 53.1 Å². The average molecular weight is 401 g/mol. The molecule has 154 valence electrons. The van der Waals surface area contributed by atoms with E-state index >= 15 is 0 Å². The predicted molar refractivity (Wildman–Crippen MR) is 126 cm³/mol. The van der Waals surface area contributed by atoms with E-state index < -0.39 is 0 Å². The van der Waals surface area contributed by atoms with Crippen LogP contribution >= 0.6 is 0 Å². The summed E-state index contributed by atoms with van der Waals surface area (Å²) in [4.78, 5) is 0. The number of nitrogens with zero attached hydrogens (tertiary/aromatic N) is 2. The van der Waals surface area contributed by atoms with Crippen LogP contribution in [0.25, 0.3) is 11.1 Å². The highest BCUT2D eigenvalue weighted by Gasteiger charge is 2.06. The minimum Gasteiger partial charge on any atom is -0.206 e. The summed E-state index contributed by atoms with van der Waals surface area (Å²) < 4.78 is 14.7. The van der Waals surface area contributed by atoms with E-state index in [0.29, 0.717) is 11.1 Å². The van der Waals surface area contributed by atoms with Crippen LogP contribution in [0.4, 0.5) is 4.39 Å². The van der Waals surface area contributed by atoms with Crippen molar-refractivity contribution in [1.82, 2.24) is 0 Å². The highest BCUT2D eigenvalue weighted by Crippen LogP contribution is 2.24. The van der Waals surface area contributed by atoms with Crippen molar-refractivity contribution >= 4 is 12.4 Å². The van der Waals surface area contributed by atoms with Crippen LogP contribution in [0.3, 0.4) is 0 Å². The fourth-order valence-electron chi connectivity index (χ4n) is 3.45. The quantitative estimate of drug-likeness (QED) is 0.205. The molecule has 0 heterocycles. The molecule has 0 amide bonds. The van der Waals surface area contributed by atoms with Gasteiger partial charge in [-0.3, -0.25) is 0 Å². The molecule has 30 heavy (non-hydrogen) atoms. The molecule has 0 fully saturated rings. The maximum absolute atomic E-state index is 14.7. The summed E-state index contributed by atoms with van der Waals surface area (Å²) in [6, 6.07) is 21.5. The molecule has 3 aromatic carbocycles. The summed E-state index contributed by atoms with van der Waals surface area (Å²) in [6.45, 7) is 4.32. The molecule has 0 radical (unpaired) electrons. The summed E-state index contributed by atoms with van der Waals surface area (Å²) in [5, 5.41) is 8.20. The molecule has 0 N–H and O–H groups in total. The van der Waals surface area contributed by atoms with Crippen molar-refractivity contribution in [1.29, 1.82) is 0 Å². The van der Waals surface area contributed by atoms with Crippen LogP contribution in [0, 0.1) is 5.82 Å². The number of benzene rings is 3. The van der Waals surface area contributed by atoms with Crippen molar-refractivity contribution in [3.63, 3.8) is 0 Å². The molecule has 0 aliphatic heterocycles. The van der Waals surface area contributed by atoms with Gasteiger partial charge in [-0.1, -0.05) is 87.4 Å². The van der Waals surface area contributed by atoms with Crippen molar-refractivity contribution in [2.24, 2.45) is 10.2 Å². The van der Waals surface area contributed by atoms with Gasteiger partial charge in [0.25, 0.3) is 0 Å². The number of halogens is 1. The number of rotatable bonds is 9. The lowest BCUT2D eigenvalue weighted by Crippen LogP contribution is -1.91. The second-order valence-corrected chi connectivity index (χ2v) is 7.43. The van der Waals surface area contributed by atoms with Crippen molar-refractivity contribution in [2.75, 3.05) is 0 Å². The minimum absolute atomic E-state index is 0.252. The highest BCUT2D eigenvalue weighted by atomic mass is 19.1. The molecule has 0 atom stereocenters. The number of hydrogen-bond acceptors (Lipinski definition) is 2. The van der Waals surface area contributed by atoms with E-state index in [1.807, 2.05) is 36.4 Å². The van der Waals surface area contributed by atoms with Gasteiger partial charge in [0.2, 0.25) is 0 Å². The monoisotopic (exact) mass is 400 g/mol. The van der Waals surface area contributed by atoms with E-state index in [-0.39, 0.29) is 5.82 Å². The lowest BCUT2D eigenvalue weighted by Gasteiger charge is -2.06. The summed E-state index contributed by atoms with van der Waals surface area (Å²) in [5.74, 6) is -0.252. The van der Waals surface area contributed by atoms with E-state index in [2.05, 4.69) is 42.2 Å². The van der Waals surface area contributed by atoms with Crippen molar-refractivity contribution in [3.05, 3.63) is 94.8 Å². The molecular weight excluding hydrogens is 371 g/mol. The first-order valence-corrected chi connectivity index (χ1v) is 10.7. The van der Waals surface area contributed by atoms with Crippen LogP contribution in [-0.4, -0.2) is 12.4 Å². The Bertz CT molecular complexity index is 1000. The molecule has 0 aliphatic rings. The molecule has 0 spiro atoms. The van der Waals surface area contributed by atoms with Gasteiger partial charge in [0, 0.05) is 5.56 Å². The molecule has 0 saturated heterocycles. The third-order valence-electron chi connectivity index (χ3n) is 5.23. The smallest absolute Gasteiger partial charge is 0.131 e. The van der Waals surface area contributed by atoms with Gasteiger partial charge in [0.1, 0.15) is 5.82 Å². The van der Waals surface area contributed by atoms with Gasteiger partial charge >= 0.3 is 0 Å². The maximum atomic E-state index is 14.7. The van der Waals surface area contributed by atoms with Crippen molar-refractivity contribution in [2.45, 2.75) is 46.0 Å². The summed E-state index contributed by atoms with van der Waals surface area (Å²) >= 11 is 0. The Morgan fingerprint density at radius 1 is 0.833 bits per heavy atom. The zero-order valence-electron chi connectivity index (χ0n) is 17.8. The molecule has 0 unspecified atom stereocenters. The van der Waals surface area contributed by atoms with Crippen LogP contribution in [0.2, 0.25) is 0 Å². The van der Waals surface area contributed by atoms with E-state index in [0.717, 1.165) is 24.0 Å². The molecule has 3 aromatic rings. The van der Waals surface area contributed by atoms with Crippen LogP contribution in [-0.2, 0) is 12.8 Å². The topological polar surface area (TPSA) is 24.7 Å². The highest BCUT2D eigenvalue weighted by molar-refractivity contribution is 5.84. The molecule has 0 aliphatic carbocycles. The molecule has 0 bridgehead atoms. The van der Waals surface area contributed by atoms with Gasteiger partial charge in [0.05, 0.1) is 12.4 Å². The fourth-order valence-corrected chi connectivity index (χ4v) is 3.45. The Hall–Kier alpha value is -3.07. The molecule has 3 rings (SSSR count). The third-order valence-corrected chi connectivity index (χ3v) is 5.23. The number of unbranched alkanes of at least 4 members (excludes halogenated alkanes) is 2. The standard InChI is InChI=1S/C27H29FN2/c1-3-5-6-9-21-12-15-24(16-13-21)26-17-14-22(18-27(26)28)19-29-30-20-25-11-8-7-10-23(25)4-2/h7-8,10-20H,3-6,9H2,1-2H3. The van der Waals surface area contributed by atoms with Crippen LogP contribution < -0.4 is 0 Å². The van der Waals surface area contributed by atoms with Crippen molar-refractivity contribution < 1.29 is 4.39 Å². The first-order chi connectivity index (χ1) is 14.7. The van der Waals surface area contributed by atoms with Gasteiger partial charge in [-0.15, -0.1) is 0 Å². The summed E-state index contributed by atoms with van der Waals surface area (Å²) in [5.41, 5.74) is 5.77. The maximum Gasteiger partial charge on any atom is 0.131 e. The number of aryl methyl sites for hydroxylation is 2. The fraction of sp³-hybridized carbons (Fsp3) is 0.259. The van der Waals surface area contributed by atoms with Crippen LogP contribution in [0.15, 0.2) is 76.9 Å². The number of hydrogen-bond donors (Lipinski definition) is 0. The SMILES string of the molecule is CCCCCc1ccc(-c2ccc(C=NN=Cc3ccccc3CC)cc2F)cc1. The summed E-state index contributed by atoms with van der Waals surface area (Å²) in [6.07, 6.45) is 9.00. The van der Waals surface area contributed by atoms with Crippen LogP contribution in [0.1, 0.15) is 55.4 Å². The molecule has 2 nitrogen and oxygen atoms in total. The lowest BCUT2D eigenvalue weighted by molar-refractivity contribution is 0.631. The Balaban J connectivity index is 1.66. The van der Waals surface area contributed by atoms with Crippen LogP contribution in [0.5, 0.6) is 0 Å². The van der Waals surface area contributed by atoms with E-state index in [1.54, 1.807) is 18.5 Å². The molecule has 0 saturated carbocycles. The van der Waals surface area contributed by atoms with Gasteiger partial charge in [0.15, 0.2) is 0 Å². The Kier molecular flexibility index (Phi) is 8.08. The van der Waals surface area contributed by atoms with E-state index in [4.69, 9.17) is 0 Å². The molecule has 3 heteroatoms. The Morgan fingerprint density at radius 2 is 1.60 bits per heavy atom. The average Bonchev–Trinajstić information content (AvgIpc) is 2.78. The second kappa shape index (κ2) is 11.2. The van der Waals surface area contributed by atoms with E-state index in [9.17, 15) is 4.39 Å². The van der Waals surface area contributed by atoms with E-state index in [1.165, 1.54) is 36.5 Å². The Labute approximate surface area is 179 Å². The second-order valence-electron chi connectivity index (χ2n) is 7.43. The van der Waals surface area contributed by atoms with Gasteiger partial charge in [-0.2, -0.15) is 10.2 Å². The first-order valence-electron chi connectivity index (χ1n) is 10.7. The zero-order valence-corrected chi connectivity index (χ0v) is 17.8. The lowest BCUT2D eigenvalue weighted by atomic mass is 10.00. The normalized spacial score (nSPS) is 11.6. The predicted octanol–water partition coefficient (Wildman–Crippen LogP) is 7.24. The third kappa shape index (κ3) is 5.96. The Morgan fingerprint density at radius 3 is 2.33 bits per heavy atom. The largest absolute Gasteiger partial charge is 0.206 e. The molecular formula is C27H29FN2. The first kappa shape index (κ1) is 21.6. The zero-order chi connectivity index (χ0) is 21.2. The van der Waals surface area contributed by atoms with Gasteiger partial charge < -0.3 is 0 Å². The summed E-state index contributed by atoms with van der Waals surface area (Å²) in [7, 11) is 0. The molecule has 0 aromatic heterocycles.